The lowest BCUT2D eigenvalue weighted by atomic mass is 10.2. The number of nitrogens with zero attached hydrogens (tertiary/aromatic N) is 1. The summed E-state index contributed by atoms with van der Waals surface area (Å²) in [5.74, 6) is -0.209. The lowest BCUT2D eigenvalue weighted by Crippen LogP contribution is -2.09. The summed E-state index contributed by atoms with van der Waals surface area (Å²) in [6.07, 6.45) is 1.01. The second-order valence-corrected chi connectivity index (χ2v) is 3.96. The first-order chi connectivity index (χ1) is 8.65. The standard InChI is InChI=1S/C12H15N3O3/c13-7-3-4-8-11(17)14-15(12(8)18)9-5-1-2-6-10(9)16/h1-2,5-6,16,18H,3-4,7,13H2,(H,14,17). The largest absolute Gasteiger partial charge is 0.506 e. The molecular weight excluding hydrogens is 234 g/mol. The van der Waals surface area contributed by atoms with Crippen molar-refractivity contribution >= 4 is 0 Å². The quantitative estimate of drug-likeness (QED) is 0.632. The minimum atomic E-state index is -0.371. The molecule has 0 radical (unpaired) electrons. The Morgan fingerprint density at radius 3 is 2.67 bits per heavy atom. The number of phenolic OH excluding ortho intramolecular Hbond substituents is 1. The third kappa shape index (κ3) is 2.10. The van der Waals surface area contributed by atoms with Gasteiger partial charge in [-0.2, -0.15) is 0 Å². The van der Waals surface area contributed by atoms with Gasteiger partial charge in [-0.25, -0.2) is 4.68 Å². The van der Waals surface area contributed by atoms with Crippen LogP contribution in [0.25, 0.3) is 5.69 Å². The van der Waals surface area contributed by atoms with Crippen molar-refractivity contribution in [3.63, 3.8) is 0 Å². The van der Waals surface area contributed by atoms with Gasteiger partial charge in [-0.15, -0.1) is 0 Å². The van der Waals surface area contributed by atoms with E-state index in [0.717, 1.165) is 0 Å². The summed E-state index contributed by atoms with van der Waals surface area (Å²) in [6.45, 7) is 0.445. The number of aromatic amines is 1. The predicted molar refractivity (Wildman–Crippen MR) is 67.1 cm³/mol. The molecule has 2 aromatic rings. The van der Waals surface area contributed by atoms with Gasteiger partial charge in [-0.3, -0.25) is 9.89 Å². The van der Waals surface area contributed by atoms with Gasteiger partial charge >= 0.3 is 0 Å². The fourth-order valence-corrected chi connectivity index (χ4v) is 1.79. The number of para-hydroxylation sites is 2. The molecule has 1 aromatic carbocycles. The SMILES string of the molecule is NCCCc1c(O)n(-c2ccccc2O)[nH]c1=O. The summed E-state index contributed by atoms with van der Waals surface area (Å²) in [4.78, 5) is 11.7. The zero-order valence-electron chi connectivity index (χ0n) is 9.76. The molecule has 2 rings (SSSR count). The van der Waals surface area contributed by atoms with Crippen LogP contribution < -0.4 is 11.3 Å². The second kappa shape index (κ2) is 4.97. The van der Waals surface area contributed by atoms with Crippen LogP contribution >= 0.6 is 0 Å². The fourth-order valence-electron chi connectivity index (χ4n) is 1.79. The van der Waals surface area contributed by atoms with Crippen LogP contribution in [-0.4, -0.2) is 26.5 Å². The molecule has 96 valence electrons. The molecule has 6 nitrogen and oxygen atoms in total. The van der Waals surface area contributed by atoms with E-state index in [2.05, 4.69) is 5.10 Å². The Labute approximate surface area is 103 Å². The van der Waals surface area contributed by atoms with Crippen molar-refractivity contribution < 1.29 is 10.2 Å². The van der Waals surface area contributed by atoms with Gasteiger partial charge in [-0.1, -0.05) is 12.1 Å². The minimum absolute atomic E-state index is 0.0237. The van der Waals surface area contributed by atoms with Gasteiger partial charge in [0.1, 0.15) is 11.4 Å². The van der Waals surface area contributed by atoms with Crippen LogP contribution in [0.2, 0.25) is 0 Å². The van der Waals surface area contributed by atoms with Gasteiger partial charge in [0.15, 0.2) is 0 Å². The monoisotopic (exact) mass is 249 g/mol. The van der Waals surface area contributed by atoms with Gasteiger partial charge in [0, 0.05) is 0 Å². The smallest absolute Gasteiger partial charge is 0.271 e. The Hall–Kier alpha value is -2.21. The Kier molecular flexibility index (Phi) is 3.38. The Balaban J connectivity index is 2.48. The molecular formula is C12H15N3O3. The average molecular weight is 249 g/mol. The maximum atomic E-state index is 11.7. The van der Waals surface area contributed by atoms with Gasteiger partial charge < -0.3 is 15.9 Å². The number of H-pyrrole nitrogens is 1. The van der Waals surface area contributed by atoms with Gasteiger partial charge in [-0.05, 0) is 31.5 Å². The number of rotatable bonds is 4. The normalized spacial score (nSPS) is 10.7. The maximum absolute atomic E-state index is 11.7. The average Bonchev–Trinajstić information content (AvgIpc) is 2.63. The van der Waals surface area contributed by atoms with Crippen molar-refractivity contribution in [2.24, 2.45) is 5.73 Å². The number of hydrogen-bond donors (Lipinski definition) is 4. The number of nitrogens with one attached hydrogen (secondary N) is 1. The number of hydrogen-bond acceptors (Lipinski definition) is 4. The van der Waals surface area contributed by atoms with Crippen LogP contribution in [0.3, 0.4) is 0 Å². The summed E-state index contributed by atoms with van der Waals surface area (Å²) < 4.78 is 1.17. The fraction of sp³-hybridized carbons (Fsp3) is 0.250. The summed E-state index contributed by atoms with van der Waals surface area (Å²) in [5, 5.41) is 22.2. The molecule has 18 heavy (non-hydrogen) atoms. The molecule has 0 bridgehead atoms. The highest BCUT2D eigenvalue weighted by Crippen LogP contribution is 2.25. The molecule has 6 heteroatoms. The highest BCUT2D eigenvalue weighted by molar-refractivity contribution is 5.47. The van der Waals surface area contributed by atoms with E-state index in [9.17, 15) is 15.0 Å². The van der Waals surface area contributed by atoms with Crippen molar-refractivity contribution in [3.05, 3.63) is 40.2 Å². The molecule has 0 aliphatic rings. The number of aromatic hydroxyl groups is 2. The Morgan fingerprint density at radius 2 is 2.00 bits per heavy atom. The summed E-state index contributed by atoms with van der Waals surface area (Å²) in [7, 11) is 0. The molecule has 0 unspecified atom stereocenters. The van der Waals surface area contributed by atoms with Crippen LogP contribution in [0.5, 0.6) is 11.6 Å². The number of benzene rings is 1. The molecule has 1 aromatic heterocycles. The number of phenols is 1. The second-order valence-electron chi connectivity index (χ2n) is 3.96. The van der Waals surface area contributed by atoms with E-state index in [1.54, 1.807) is 18.2 Å². The van der Waals surface area contributed by atoms with Crippen LogP contribution in [0.15, 0.2) is 29.1 Å². The minimum Gasteiger partial charge on any atom is -0.506 e. The van der Waals surface area contributed by atoms with Crippen LogP contribution in [0.1, 0.15) is 12.0 Å². The van der Waals surface area contributed by atoms with Gasteiger partial charge in [0.25, 0.3) is 5.56 Å². The third-order valence-corrected chi connectivity index (χ3v) is 2.72. The van der Waals surface area contributed by atoms with Gasteiger partial charge in [0.05, 0.1) is 5.56 Å². The number of nitrogens with two attached hydrogens (primary N) is 1. The molecule has 0 aliphatic carbocycles. The van der Waals surface area contributed by atoms with E-state index >= 15 is 0 Å². The molecule has 5 N–H and O–H groups in total. The van der Waals surface area contributed by atoms with E-state index in [4.69, 9.17) is 5.73 Å². The Bertz CT molecular complexity index is 601. The highest BCUT2D eigenvalue weighted by Gasteiger charge is 2.16. The van der Waals surface area contributed by atoms with Crippen LogP contribution in [-0.2, 0) is 6.42 Å². The first-order valence-electron chi connectivity index (χ1n) is 5.66. The van der Waals surface area contributed by atoms with E-state index < -0.39 is 0 Å². The molecule has 0 saturated heterocycles. The molecule has 0 fully saturated rings. The molecule has 0 saturated carbocycles. The molecule has 1 heterocycles. The van der Waals surface area contributed by atoms with Crippen LogP contribution in [0, 0.1) is 0 Å². The van der Waals surface area contributed by atoms with Crippen molar-refractivity contribution in [1.29, 1.82) is 0 Å². The zero-order chi connectivity index (χ0) is 13.1. The van der Waals surface area contributed by atoms with Crippen molar-refractivity contribution in [3.8, 4) is 17.3 Å². The highest BCUT2D eigenvalue weighted by atomic mass is 16.3. The van der Waals surface area contributed by atoms with E-state index in [1.165, 1.54) is 10.7 Å². The topological polar surface area (TPSA) is 104 Å². The summed E-state index contributed by atoms with van der Waals surface area (Å²) in [6, 6.07) is 6.43. The predicted octanol–water partition coefficient (Wildman–Crippen LogP) is 0.468. The third-order valence-electron chi connectivity index (χ3n) is 2.72. The van der Waals surface area contributed by atoms with Crippen molar-refractivity contribution in [2.75, 3.05) is 6.54 Å². The molecule has 0 spiro atoms. The molecule has 0 amide bonds. The van der Waals surface area contributed by atoms with E-state index in [0.29, 0.717) is 25.1 Å². The first-order valence-corrected chi connectivity index (χ1v) is 5.66. The number of aromatic nitrogens is 2. The van der Waals surface area contributed by atoms with Crippen molar-refractivity contribution in [2.45, 2.75) is 12.8 Å². The maximum Gasteiger partial charge on any atom is 0.271 e. The summed E-state index contributed by atoms with van der Waals surface area (Å²) >= 11 is 0. The van der Waals surface area contributed by atoms with Crippen LogP contribution in [0.4, 0.5) is 0 Å². The van der Waals surface area contributed by atoms with E-state index in [1.807, 2.05) is 0 Å². The van der Waals surface area contributed by atoms with E-state index in [-0.39, 0.29) is 22.8 Å². The van der Waals surface area contributed by atoms with Gasteiger partial charge in [0.2, 0.25) is 5.88 Å². The molecule has 0 atom stereocenters. The zero-order valence-corrected chi connectivity index (χ0v) is 9.76. The lowest BCUT2D eigenvalue weighted by molar-refractivity contribution is 0.419. The Morgan fingerprint density at radius 1 is 1.28 bits per heavy atom. The van der Waals surface area contributed by atoms with Crippen molar-refractivity contribution in [1.82, 2.24) is 9.78 Å². The lowest BCUT2D eigenvalue weighted by Gasteiger charge is -2.06. The summed E-state index contributed by atoms with van der Waals surface area (Å²) in [5.41, 5.74) is 5.61. The molecule has 0 aliphatic heterocycles. The first kappa shape index (κ1) is 12.3.